The fourth-order valence-electron chi connectivity index (χ4n) is 5.53. The number of aliphatic carboxylic acids is 2. The normalized spacial score (nSPS) is 15.6. The summed E-state index contributed by atoms with van der Waals surface area (Å²) in [6.45, 7) is 12.0. The Hall–Kier alpha value is -5.11. The molecule has 8 atom stereocenters. The Labute approximate surface area is 327 Å². The monoisotopic (exact) mass is 794 g/mol. The molecule has 8 unspecified atom stereocenters. The number of rotatable bonds is 26. The lowest BCUT2D eigenvalue weighted by atomic mass is 9.98. The second kappa shape index (κ2) is 24.4. The number of carbonyl (C=O) groups excluding carboxylic acids is 6. The SMILES string of the molecule is CCC(C)C(NC(=O)C(Cc1cnc[nH]1)NC(=O)C(CCCCN)NC(=O)C(NC(=O)C(C)NC(=O)C(CC(=O)O)NC(=O)C(N)CC(C)C)C(C)C)C(=O)O. The van der Waals surface area contributed by atoms with Crippen LogP contribution in [0.2, 0.25) is 0 Å². The summed E-state index contributed by atoms with van der Waals surface area (Å²) in [7, 11) is 0. The summed E-state index contributed by atoms with van der Waals surface area (Å²) in [4.78, 5) is 110. The van der Waals surface area contributed by atoms with Gasteiger partial charge in [0.05, 0.1) is 18.8 Å². The maximum atomic E-state index is 13.8. The van der Waals surface area contributed by atoms with Crippen molar-refractivity contribution < 1.29 is 48.6 Å². The summed E-state index contributed by atoms with van der Waals surface area (Å²) >= 11 is 0. The predicted octanol–water partition coefficient (Wildman–Crippen LogP) is -1.36. The number of nitrogens with one attached hydrogen (secondary N) is 7. The average molecular weight is 795 g/mol. The lowest BCUT2D eigenvalue weighted by Crippen LogP contribution is -2.60. The van der Waals surface area contributed by atoms with Crippen LogP contribution in [-0.2, 0) is 44.8 Å². The number of hydrogen-bond donors (Lipinski definition) is 11. The highest BCUT2D eigenvalue weighted by atomic mass is 16.4. The van der Waals surface area contributed by atoms with E-state index in [2.05, 4.69) is 41.9 Å². The minimum atomic E-state index is -1.55. The Balaban J connectivity index is 3.20. The zero-order valence-electron chi connectivity index (χ0n) is 33.3. The first-order chi connectivity index (χ1) is 26.2. The number of nitrogens with zero attached hydrogens (tertiary/aromatic N) is 1. The molecule has 0 aromatic carbocycles. The van der Waals surface area contributed by atoms with Crippen LogP contribution in [0.4, 0.5) is 0 Å². The fraction of sp³-hybridized carbons (Fsp3) is 0.694. The van der Waals surface area contributed by atoms with Gasteiger partial charge in [-0.05, 0) is 56.9 Å². The molecule has 13 N–H and O–H groups in total. The molecule has 20 nitrogen and oxygen atoms in total. The van der Waals surface area contributed by atoms with Gasteiger partial charge in [-0.2, -0.15) is 0 Å². The number of carbonyl (C=O) groups is 8. The van der Waals surface area contributed by atoms with Gasteiger partial charge in [0.25, 0.3) is 0 Å². The molecule has 1 aromatic heterocycles. The molecule has 0 bridgehead atoms. The van der Waals surface area contributed by atoms with Gasteiger partial charge < -0.3 is 58.6 Å². The summed E-state index contributed by atoms with van der Waals surface area (Å²) in [5.41, 5.74) is 12.0. The van der Waals surface area contributed by atoms with E-state index in [4.69, 9.17) is 11.5 Å². The Kier molecular flexibility index (Phi) is 21.3. The highest BCUT2D eigenvalue weighted by Crippen LogP contribution is 2.11. The van der Waals surface area contributed by atoms with Crippen LogP contribution in [0.3, 0.4) is 0 Å². The Morgan fingerprint density at radius 3 is 1.82 bits per heavy atom. The smallest absolute Gasteiger partial charge is 0.326 e. The molecule has 0 saturated carbocycles. The molecule has 6 amide bonds. The van der Waals surface area contributed by atoms with E-state index in [1.54, 1.807) is 27.7 Å². The standard InChI is InChI=1S/C36H62N10O10/c1-8-20(6)29(36(55)56)46-34(53)25(14-22-16-39-17-40-22)44-32(51)24(11-9-10-12-37)42-35(54)28(19(4)5)45-30(49)21(7)41-33(52)26(15-27(47)48)43-31(50)23(38)13-18(2)3/h16-21,23-26,28-29H,8-15,37-38H2,1-7H3,(H,39,40)(H,41,52)(H,42,54)(H,43,50)(H,44,51)(H,45,49)(H,46,53)(H,47,48)(H,55,56). The van der Waals surface area contributed by atoms with Gasteiger partial charge in [-0.25, -0.2) is 9.78 Å². The average Bonchev–Trinajstić information content (AvgIpc) is 3.63. The van der Waals surface area contributed by atoms with Gasteiger partial charge in [0, 0.05) is 18.3 Å². The lowest BCUT2D eigenvalue weighted by Gasteiger charge is -2.28. The van der Waals surface area contributed by atoms with Crippen molar-refractivity contribution in [2.24, 2.45) is 29.2 Å². The van der Waals surface area contributed by atoms with Gasteiger partial charge in [-0.3, -0.25) is 33.6 Å². The molecule has 1 aromatic rings. The van der Waals surface area contributed by atoms with Crippen LogP contribution in [0.25, 0.3) is 0 Å². The number of carboxylic acid groups (broad SMARTS) is 2. The molecule has 0 aliphatic carbocycles. The van der Waals surface area contributed by atoms with Crippen molar-refractivity contribution in [3.8, 4) is 0 Å². The maximum absolute atomic E-state index is 13.8. The van der Waals surface area contributed by atoms with Gasteiger partial charge in [0.1, 0.15) is 36.3 Å². The van der Waals surface area contributed by atoms with Crippen molar-refractivity contribution in [3.05, 3.63) is 18.2 Å². The number of amides is 6. The van der Waals surface area contributed by atoms with Crippen LogP contribution in [0.5, 0.6) is 0 Å². The van der Waals surface area contributed by atoms with E-state index in [0.29, 0.717) is 31.5 Å². The molecule has 316 valence electrons. The van der Waals surface area contributed by atoms with Gasteiger partial charge in [0.15, 0.2) is 0 Å². The van der Waals surface area contributed by atoms with Crippen molar-refractivity contribution in [3.63, 3.8) is 0 Å². The first kappa shape index (κ1) is 48.9. The minimum Gasteiger partial charge on any atom is -0.481 e. The van der Waals surface area contributed by atoms with E-state index in [0.717, 1.165) is 0 Å². The number of carboxylic acids is 2. The topological polar surface area (TPSA) is 330 Å². The largest absolute Gasteiger partial charge is 0.481 e. The quantitative estimate of drug-likeness (QED) is 0.0484. The molecule has 1 heterocycles. The van der Waals surface area contributed by atoms with E-state index in [1.807, 2.05) is 13.8 Å². The number of aromatic amines is 1. The Bertz CT molecular complexity index is 1470. The van der Waals surface area contributed by atoms with E-state index in [-0.39, 0.29) is 25.2 Å². The number of imidazole rings is 1. The van der Waals surface area contributed by atoms with Crippen LogP contribution >= 0.6 is 0 Å². The zero-order chi connectivity index (χ0) is 42.7. The van der Waals surface area contributed by atoms with Crippen molar-refractivity contribution in [1.29, 1.82) is 0 Å². The van der Waals surface area contributed by atoms with Crippen LogP contribution in [0, 0.1) is 17.8 Å². The summed E-state index contributed by atoms with van der Waals surface area (Å²) in [6.07, 6.45) is 3.71. The van der Waals surface area contributed by atoms with Crippen LogP contribution in [0.1, 0.15) is 92.7 Å². The number of hydrogen-bond acceptors (Lipinski definition) is 11. The van der Waals surface area contributed by atoms with Crippen LogP contribution < -0.4 is 43.4 Å². The molecule has 0 aliphatic rings. The summed E-state index contributed by atoms with van der Waals surface area (Å²) in [5.74, 6) is -8.32. The first-order valence-electron chi connectivity index (χ1n) is 18.9. The highest BCUT2D eigenvalue weighted by Gasteiger charge is 2.35. The summed E-state index contributed by atoms with van der Waals surface area (Å²) in [5, 5.41) is 34.1. The second-order valence-electron chi connectivity index (χ2n) is 14.8. The summed E-state index contributed by atoms with van der Waals surface area (Å²) in [6, 6.07) is -8.79. The third kappa shape index (κ3) is 17.1. The number of nitrogens with two attached hydrogens (primary N) is 2. The predicted molar refractivity (Wildman–Crippen MR) is 204 cm³/mol. The number of H-pyrrole nitrogens is 1. The van der Waals surface area contributed by atoms with Crippen molar-refractivity contribution in [1.82, 2.24) is 41.9 Å². The van der Waals surface area contributed by atoms with E-state index < -0.39 is 108 Å². The van der Waals surface area contributed by atoms with Gasteiger partial charge in [0.2, 0.25) is 35.4 Å². The van der Waals surface area contributed by atoms with Gasteiger partial charge >= 0.3 is 11.9 Å². The molecule has 0 fully saturated rings. The van der Waals surface area contributed by atoms with E-state index in [9.17, 15) is 48.6 Å². The third-order valence-electron chi connectivity index (χ3n) is 9.04. The molecule has 0 saturated heterocycles. The van der Waals surface area contributed by atoms with Crippen LogP contribution in [0.15, 0.2) is 12.5 Å². The molecule has 0 radical (unpaired) electrons. The lowest BCUT2D eigenvalue weighted by molar-refractivity contribution is -0.144. The molecular formula is C36H62N10O10. The van der Waals surface area contributed by atoms with Gasteiger partial charge in [-0.1, -0.05) is 48.0 Å². The van der Waals surface area contributed by atoms with E-state index in [1.165, 1.54) is 19.4 Å². The molecule has 56 heavy (non-hydrogen) atoms. The van der Waals surface area contributed by atoms with Gasteiger partial charge in [-0.15, -0.1) is 0 Å². The van der Waals surface area contributed by atoms with Crippen molar-refractivity contribution >= 4 is 47.4 Å². The molecule has 1 rings (SSSR count). The van der Waals surface area contributed by atoms with E-state index >= 15 is 0 Å². The van der Waals surface area contributed by atoms with Crippen LogP contribution in [-0.4, -0.2) is 116 Å². The summed E-state index contributed by atoms with van der Waals surface area (Å²) < 4.78 is 0. The Morgan fingerprint density at radius 2 is 1.30 bits per heavy atom. The molecule has 0 aliphatic heterocycles. The minimum absolute atomic E-state index is 0.0526. The number of unbranched alkanes of at least 4 members (excludes halogenated alkanes) is 1. The molecule has 0 spiro atoms. The maximum Gasteiger partial charge on any atom is 0.326 e. The third-order valence-corrected chi connectivity index (χ3v) is 9.04. The second-order valence-corrected chi connectivity index (χ2v) is 14.8. The zero-order valence-corrected chi connectivity index (χ0v) is 33.3. The fourth-order valence-corrected chi connectivity index (χ4v) is 5.53. The molecular weight excluding hydrogens is 732 g/mol. The highest BCUT2D eigenvalue weighted by molar-refractivity contribution is 5.97. The van der Waals surface area contributed by atoms with Crippen molar-refractivity contribution in [2.45, 2.75) is 136 Å². The Morgan fingerprint density at radius 1 is 0.732 bits per heavy atom. The number of aromatic nitrogens is 2. The molecule has 20 heteroatoms. The van der Waals surface area contributed by atoms with Crippen molar-refractivity contribution in [2.75, 3.05) is 6.54 Å². The first-order valence-corrected chi connectivity index (χ1v) is 18.9.